The Labute approximate surface area is 104 Å². The summed E-state index contributed by atoms with van der Waals surface area (Å²) in [6.45, 7) is 0.543. The number of hydrogen-bond acceptors (Lipinski definition) is 2. The number of carbonyl (C=O) groups is 1. The van der Waals surface area contributed by atoms with Crippen molar-refractivity contribution in [3.63, 3.8) is 0 Å². The highest BCUT2D eigenvalue weighted by molar-refractivity contribution is 6.21. The lowest BCUT2D eigenvalue weighted by atomic mass is 10.1. The number of hydrogen-bond donors (Lipinski definition) is 2. The van der Waals surface area contributed by atoms with Crippen LogP contribution in [0, 0.1) is 5.92 Å². The zero-order chi connectivity index (χ0) is 12.3. The molecule has 2 N–H and O–H groups in total. The van der Waals surface area contributed by atoms with E-state index in [9.17, 15) is 9.59 Å². The van der Waals surface area contributed by atoms with Crippen molar-refractivity contribution >= 4 is 17.5 Å². The van der Waals surface area contributed by atoms with Crippen molar-refractivity contribution in [2.75, 3.05) is 6.54 Å². The lowest BCUT2D eigenvalue weighted by Crippen LogP contribution is -2.33. The Bertz CT molecular complexity index is 458. The van der Waals surface area contributed by atoms with E-state index >= 15 is 0 Å². The zero-order valence-electron chi connectivity index (χ0n) is 9.41. The molecule has 0 radical (unpaired) electrons. The summed E-state index contributed by atoms with van der Waals surface area (Å²) < 4.78 is 0. The smallest absolute Gasteiger partial charge is 0.256 e. The van der Waals surface area contributed by atoms with Gasteiger partial charge in [-0.3, -0.25) is 9.59 Å². The SMILES string of the molecule is O=C(NCC1CCCC1Cl)c1c[nH]ccc1=O. The third kappa shape index (κ3) is 2.88. The fourth-order valence-corrected chi connectivity index (χ4v) is 2.50. The van der Waals surface area contributed by atoms with Crippen molar-refractivity contribution in [2.45, 2.75) is 24.6 Å². The number of aromatic nitrogens is 1. The Kier molecular flexibility index (Phi) is 3.84. The average molecular weight is 255 g/mol. The monoisotopic (exact) mass is 254 g/mol. The van der Waals surface area contributed by atoms with Crippen molar-refractivity contribution in [2.24, 2.45) is 5.92 Å². The van der Waals surface area contributed by atoms with Crippen molar-refractivity contribution in [3.05, 3.63) is 34.2 Å². The Hall–Kier alpha value is -1.29. The molecule has 1 saturated carbocycles. The molecule has 0 bridgehead atoms. The number of alkyl halides is 1. The number of halogens is 1. The van der Waals surface area contributed by atoms with Gasteiger partial charge >= 0.3 is 0 Å². The third-order valence-electron chi connectivity index (χ3n) is 3.16. The van der Waals surface area contributed by atoms with Crippen LogP contribution in [0.4, 0.5) is 0 Å². The molecule has 2 atom stereocenters. The minimum Gasteiger partial charge on any atom is -0.367 e. The number of H-pyrrole nitrogens is 1. The molecule has 17 heavy (non-hydrogen) atoms. The van der Waals surface area contributed by atoms with Crippen molar-refractivity contribution < 1.29 is 4.79 Å². The molecule has 2 rings (SSSR count). The summed E-state index contributed by atoms with van der Waals surface area (Å²) in [5, 5.41) is 2.91. The van der Waals surface area contributed by atoms with Gasteiger partial charge in [0.25, 0.3) is 5.91 Å². The summed E-state index contributed by atoms with van der Waals surface area (Å²) in [6, 6.07) is 1.34. The Morgan fingerprint density at radius 1 is 1.53 bits per heavy atom. The summed E-state index contributed by atoms with van der Waals surface area (Å²) in [4.78, 5) is 25.9. The maximum atomic E-state index is 11.8. The number of amides is 1. The van der Waals surface area contributed by atoms with Gasteiger partial charge in [0.2, 0.25) is 0 Å². The van der Waals surface area contributed by atoms with Crippen molar-refractivity contribution in [3.8, 4) is 0 Å². The van der Waals surface area contributed by atoms with Crippen LogP contribution in [0.1, 0.15) is 29.6 Å². The molecule has 1 aliphatic carbocycles. The van der Waals surface area contributed by atoms with E-state index in [-0.39, 0.29) is 22.3 Å². The van der Waals surface area contributed by atoms with Crippen LogP contribution in [0.2, 0.25) is 0 Å². The molecule has 1 amide bonds. The molecule has 0 saturated heterocycles. The van der Waals surface area contributed by atoms with Gasteiger partial charge in [-0.25, -0.2) is 0 Å². The molecule has 4 nitrogen and oxygen atoms in total. The first-order chi connectivity index (χ1) is 8.18. The van der Waals surface area contributed by atoms with Crippen LogP contribution in [0.3, 0.4) is 0 Å². The molecule has 2 unspecified atom stereocenters. The van der Waals surface area contributed by atoms with Crippen molar-refractivity contribution in [1.29, 1.82) is 0 Å². The summed E-state index contributed by atoms with van der Waals surface area (Å²) in [5.74, 6) is -0.00831. The first kappa shape index (κ1) is 12.2. The molecule has 5 heteroatoms. The molecular weight excluding hydrogens is 240 g/mol. The summed E-state index contributed by atoms with van der Waals surface area (Å²) in [7, 11) is 0. The lowest BCUT2D eigenvalue weighted by molar-refractivity contribution is 0.0946. The van der Waals surface area contributed by atoms with Gasteiger partial charge in [-0.05, 0) is 18.8 Å². The molecule has 1 aromatic heterocycles. The number of rotatable bonds is 3. The quantitative estimate of drug-likeness (QED) is 0.804. The zero-order valence-corrected chi connectivity index (χ0v) is 10.2. The Morgan fingerprint density at radius 3 is 3.00 bits per heavy atom. The predicted molar refractivity (Wildman–Crippen MR) is 66.4 cm³/mol. The van der Waals surface area contributed by atoms with E-state index in [1.165, 1.54) is 18.5 Å². The van der Waals surface area contributed by atoms with Crippen LogP contribution in [0.5, 0.6) is 0 Å². The maximum absolute atomic E-state index is 11.8. The molecule has 0 aliphatic heterocycles. The van der Waals surface area contributed by atoms with E-state index in [1.54, 1.807) is 0 Å². The normalized spacial score (nSPS) is 23.6. The van der Waals surface area contributed by atoms with Gasteiger partial charge in [-0.1, -0.05) is 6.42 Å². The molecule has 1 aliphatic rings. The molecule has 0 aromatic carbocycles. The highest BCUT2D eigenvalue weighted by Gasteiger charge is 2.25. The van der Waals surface area contributed by atoms with E-state index in [0.29, 0.717) is 12.5 Å². The highest BCUT2D eigenvalue weighted by atomic mass is 35.5. The Balaban J connectivity index is 1.94. The van der Waals surface area contributed by atoms with Crippen LogP contribution in [0.25, 0.3) is 0 Å². The number of carbonyl (C=O) groups excluding carboxylic acids is 1. The van der Waals surface area contributed by atoms with Crippen LogP contribution >= 0.6 is 11.6 Å². The van der Waals surface area contributed by atoms with Gasteiger partial charge in [0.05, 0.1) is 0 Å². The first-order valence-electron chi connectivity index (χ1n) is 5.78. The second-order valence-corrected chi connectivity index (χ2v) is 4.90. The van der Waals surface area contributed by atoms with E-state index in [0.717, 1.165) is 19.3 Å². The largest absolute Gasteiger partial charge is 0.367 e. The Morgan fingerprint density at radius 2 is 2.35 bits per heavy atom. The van der Waals surface area contributed by atoms with E-state index < -0.39 is 0 Å². The maximum Gasteiger partial charge on any atom is 0.256 e. The fourth-order valence-electron chi connectivity index (χ4n) is 2.13. The van der Waals surface area contributed by atoms with Gasteiger partial charge < -0.3 is 10.3 Å². The summed E-state index contributed by atoms with van der Waals surface area (Å²) in [6.07, 6.45) is 6.09. The minimum atomic E-state index is -0.331. The number of nitrogens with one attached hydrogen (secondary N) is 2. The molecule has 1 aromatic rings. The molecule has 92 valence electrons. The lowest BCUT2D eigenvalue weighted by Gasteiger charge is -2.14. The highest BCUT2D eigenvalue weighted by Crippen LogP contribution is 2.29. The molecular formula is C12H15ClN2O2. The minimum absolute atomic E-state index is 0.143. The second-order valence-electron chi connectivity index (χ2n) is 4.34. The second kappa shape index (κ2) is 5.36. The molecule has 0 spiro atoms. The summed E-state index contributed by atoms with van der Waals surface area (Å²) >= 11 is 6.12. The molecule has 1 heterocycles. The van der Waals surface area contributed by atoms with E-state index in [2.05, 4.69) is 10.3 Å². The topological polar surface area (TPSA) is 62.0 Å². The van der Waals surface area contributed by atoms with Crippen molar-refractivity contribution in [1.82, 2.24) is 10.3 Å². The third-order valence-corrected chi connectivity index (χ3v) is 3.73. The van der Waals surface area contributed by atoms with E-state index in [1.807, 2.05) is 0 Å². The fraction of sp³-hybridized carbons (Fsp3) is 0.500. The van der Waals surface area contributed by atoms with Gasteiger partial charge in [-0.2, -0.15) is 0 Å². The predicted octanol–water partition coefficient (Wildman–Crippen LogP) is 1.51. The van der Waals surface area contributed by atoms with Crippen LogP contribution in [-0.2, 0) is 0 Å². The molecule has 1 fully saturated rings. The summed E-state index contributed by atoms with van der Waals surface area (Å²) in [5.41, 5.74) is -0.119. The van der Waals surface area contributed by atoms with Crippen LogP contribution in [0.15, 0.2) is 23.3 Å². The van der Waals surface area contributed by atoms with E-state index in [4.69, 9.17) is 11.6 Å². The van der Waals surface area contributed by atoms with Gasteiger partial charge in [-0.15, -0.1) is 11.6 Å². The van der Waals surface area contributed by atoms with Crippen LogP contribution < -0.4 is 10.7 Å². The van der Waals surface area contributed by atoms with Gasteiger partial charge in [0, 0.05) is 30.4 Å². The van der Waals surface area contributed by atoms with Crippen LogP contribution in [-0.4, -0.2) is 22.8 Å². The number of aromatic amines is 1. The average Bonchev–Trinajstić information content (AvgIpc) is 2.72. The van der Waals surface area contributed by atoms with Gasteiger partial charge in [0.15, 0.2) is 5.43 Å². The first-order valence-corrected chi connectivity index (χ1v) is 6.21. The number of pyridine rings is 1. The standard InChI is InChI=1S/C12H15ClN2O2/c13-10-3-1-2-8(10)6-15-12(17)9-7-14-5-4-11(9)16/h4-5,7-8,10H,1-3,6H2,(H,14,16)(H,15,17). The van der Waals surface area contributed by atoms with Gasteiger partial charge in [0.1, 0.15) is 5.56 Å².